The first kappa shape index (κ1) is 14.6. The van der Waals surface area contributed by atoms with Gasteiger partial charge in [0.25, 0.3) is 0 Å². The van der Waals surface area contributed by atoms with Crippen molar-refractivity contribution < 1.29 is 14.3 Å². The fourth-order valence-corrected chi connectivity index (χ4v) is 2.50. The standard InChI is InChI=1S/C16H18O3S/c1-16(2,3)14-8-11(18-4)5-6-15(14)19-12-7-13(9-17)20-10-12/h5-10H,1-4H3. The van der Waals surface area contributed by atoms with Crippen LogP contribution in [0.1, 0.15) is 36.0 Å². The van der Waals surface area contributed by atoms with Gasteiger partial charge in [-0.3, -0.25) is 4.79 Å². The van der Waals surface area contributed by atoms with Gasteiger partial charge in [0.1, 0.15) is 17.2 Å². The molecule has 106 valence electrons. The van der Waals surface area contributed by atoms with Gasteiger partial charge in [0, 0.05) is 17.0 Å². The molecular weight excluding hydrogens is 272 g/mol. The van der Waals surface area contributed by atoms with Gasteiger partial charge in [-0.2, -0.15) is 0 Å². The summed E-state index contributed by atoms with van der Waals surface area (Å²) < 4.78 is 11.2. The molecule has 0 aliphatic rings. The van der Waals surface area contributed by atoms with Crippen molar-refractivity contribution in [3.8, 4) is 17.2 Å². The van der Waals surface area contributed by atoms with E-state index >= 15 is 0 Å². The van der Waals surface area contributed by atoms with Crippen LogP contribution in [0, 0.1) is 0 Å². The number of ether oxygens (including phenoxy) is 2. The molecular formula is C16H18O3S. The van der Waals surface area contributed by atoms with Crippen molar-refractivity contribution in [2.45, 2.75) is 26.2 Å². The Morgan fingerprint density at radius 1 is 1.15 bits per heavy atom. The second-order valence-corrected chi connectivity index (χ2v) is 6.46. The number of carbonyl (C=O) groups excluding carboxylic acids is 1. The Hall–Kier alpha value is -1.81. The van der Waals surface area contributed by atoms with Gasteiger partial charge in [0.15, 0.2) is 6.29 Å². The molecule has 0 aliphatic carbocycles. The Labute approximate surface area is 123 Å². The number of carbonyl (C=O) groups is 1. The highest BCUT2D eigenvalue weighted by Gasteiger charge is 2.20. The number of thiophene rings is 1. The van der Waals surface area contributed by atoms with Crippen LogP contribution in [0.25, 0.3) is 0 Å². The third-order valence-corrected chi connectivity index (χ3v) is 3.77. The van der Waals surface area contributed by atoms with Crippen LogP contribution in [0.3, 0.4) is 0 Å². The Morgan fingerprint density at radius 2 is 1.90 bits per heavy atom. The predicted octanol–water partition coefficient (Wildman–Crippen LogP) is 4.66. The Kier molecular flexibility index (Phi) is 4.14. The van der Waals surface area contributed by atoms with Crippen molar-refractivity contribution in [2.24, 2.45) is 0 Å². The predicted molar refractivity (Wildman–Crippen MR) is 81.5 cm³/mol. The average Bonchev–Trinajstić information content (AvgIpc) is 2.85. The average molecular weight is 290 g/mol. The molecule has 0 radical (unpaired) electrons. The molecule has 20 heavy (non-hydrogen) atoms. The zero-order valence-corrected chi connectivity index (χ0v) is 12.9. The summed E-state index contributed by atoms with van der Waals surface area (Å²) in [5, 5.41) is 1.83. The summed E-state index contributed by atoms with van der Waals surface area (Å²) >= 11 is 1.37. The lowest BCUT2D eigenvalue weighted by atomic mass is 9.86. The van der Waals surface area contributed by atoms with Crippen LogP contribution in [0.5, 0.6) is 17.2 Å². The normalized spacial score (nSPS) is 11.2. The fourth-order valence-electron chi connectivity index (χ4n) is 1.89. The number of aldehydes is 1. The molecule has 3 nitrogen and oxygen atoms in total. The van der Waals surface area contributed by atoms with E-state index in [4.69, 9.17) is 9.47 Å². The summed E-state index contributed by atoms with van der Waals surface area (Å²) in [5.41, 5.74) is 1.00. The molecule has 0 amide bonds. The summed E-state index contributed by atoms with van der Waals surface area (Å²) in [6.45, 7) is 6.37. The van der Waals surface area contributed by atoms with Crippen molar-refractivity contribution in [3.05, 3.63) is 40.1 Å². The molecule has 0 unspecified atom stereocenters. The lowest BCUT2D eigenvalue weighted by Gasteiger charge is -2.23. The topological polar surface area (TPSA) is 35.5 Å². The minimum Gasteiger partial charge on any atom is -0.497 e. The zero-order valence-electron chi connectivity index (χ0n) is 12.1. The Bertz CT molecular complexity index is 608. The van der Waals surface area contributed by atoms with Crippen LogP contribution in [0.4, 0.5) is 0 Å². The first-order valence-corrected chi connectivity index (χ1v) is 7.22. The molecule has 0 bridgehead atoms. The third-order valence-electron chi connectivity index (χ3n) is 2.93. The molecule has 1 aromatic heterocycles. The Balaban J connectivity index is 2.37. The van der Waals surface area contributed by atoms with Gasteiger partial charge in [0.2, 0.25) is 0 Å². The maximum absolute atomic E-state index is 10.7. The van der Waals surface area contributed by atoms with E-state index < -0.39 is 0 Å². The lowest BCUT2D eigenvalue weighted by Crippen LogP contribution is -2.12. The molecule has 0 aliphatic heterocycles. The van der Waals surface area contributed by atoms with Gasteiger partial charge in [-0.1, -0.05) is 20.8 Å². The van der Waals surface area contributed by atoms with Gasteiger partial charge in [0.05, 0.1) is 12.0 Å². The molecule has 0 N–H and O–H groups in total. The van der Waals surface area contributed by atoms with Crippen molar-refractivity contribution in [1.82, 2.24) is 0 Å². The monoisotopic (exact) mass is 290 g/mol. The van der Waals surface area contributed by atoms with Crippen LogP contribution in [-0.2, 0) is 5.41 Å². The number of methoxy groups -OCH3 is 1. The van der Waals surface area contributed by atoms with Crippen LogP contribution in [-0.4, -0.2) is 13.4 Å². The summed E-state index contributed by atoms with van der Waals surface area (Å²) in [7, 11) is 1.65. The lowest BCUT2D eigenvalue weighted by molar-refractivity contribution is 0.112. The highest BCUT2D eigenvalue weighted by atomic mass is 32.1. The number of hydrogen-bond donors (Lipinski definition) is 0. The minimum atomic E-state index is -0.0621. The van der Waals surface area contributed by atoms with E-state index in [9.17, 15) is 4.79 Å². The van der Waals surface area contributed by atoms with Crippen LogP contribution < -0.4 is 9.47 Å². The van der Waals surface area contributed by atoms with Crippen molar-refractivity contribution in [2.75, 3.05) is 7.11 Å². The molecule has 0 saturated heterocycles. The quantitative estimate of drug-likeness (QED) is 0.768. The molecule has 0 atom stereocenters. The molecule has 0 spiro atoms. The summed E-state index contributed by atoms with van der Waals surface area (Å²) in [4.78, 5) is 11.4. The second-order valence-electron chi connectivity index (χ2n) is 5.52. The summed E-state index contributed by atoms with van der Waals surface area (Å²) in [6, 6.07) is 7.51. The highest BCUT2D eigenvalue weighted by Crippen LogP contribution is 2.37. The van der Waals surface area contributed by atoms with Crippen molar-refractivity contribution in [3.63, 3.8) is 0 Å². The molecule has 2 aromatic rings. The smallest absolute Gasteiger partial charge is 0.160 e. The van der Waals surface area contributed by atoms with Gasteiger partial charge in [-0.05, 0) is 23.6 Å². The van der Waals surface area contributed by atoms with Gasteiger partial charge in [-0.15, -0.1) is 11.3 Å². The third kappa shape index (κ3) is 3.20. The van der Waals surface area contributed by atoms with E-state index in [1.165, 1.54) is 11.3 Å². The number of hydrogen-bond acceptors (Lipinski definition) is 4. The van der Waals surface area contributed by atoms with Crippen molar-refractivity contribution in [1.29, 1.82) is 0 Å². The molecule has 2 rings (SSSR count). The first-order chi connectivity index (χ1) is 9.44. The van der Waals surface area contributed by atoms with E-state index in [2.05, 4.69) is 20.8 Å². The minimum absolute atomic E-state index is 0.0621. The molecule has 1 aromatic carbocycles. The van der Waals surface area contributed by atoms with Crippen LogP contribution in [0.2, 0.25) is 0 Å². The number of rotatable bonds is 4. The SMILES string of the molecule is COc1ccc(Oc2csc(C=O)c2)c(C(C)(C)C)c1. The summed E-state index contributed by atoms with van der Waals surface area (Å²) in [6.07, 6.45) is 0.830. The number of benzene rings is 1. The summed E-state index contributed by atoms with van der Waals surface area (Å²) in [5.74, 6) is 2.28. The van der Waals surface area contributed by atoms with E-state index in [-0.39, 0.29) is 5.41 Å². The van der Waals surface area contributed by atoms with Gasteiger partial charge in [-0.25, -0.2) is 0 Å². The van der Waals surface area contributed by atoms with Crippen molar-refractivity contribution >= 4 is 17.6 Å². The van der Waals surface area contributed by atoms with Crippen LogP contribution >= 0.6 is 11.3 Å². The van der Waals surface area contributed by atoms with Gasteiger partial charge < -0.3 is 9.47 Å². The van der Waals surface area contributed by atoms with Crippen LogP contribution in [0.15, 0.2) is 29.6 Å². The van der Waals surface area contributed by atoms with E-state index in [1.54, 1.807) is 13.2 Å². The fraction of sp³-hybridized carbons (Fsp3) is 0.312. The maximum atomic E-state index is 10.7. The Morgan fingerprint density at radius 3 is 2.45 bits per heavy atom. The zero-order chi connectivity index (χ0) is 14.8. The first-order valence-electron chi connectivity index (χ1n) is 6.34. The molecule has 4 heteroatoms. The van der Waals surface area contributed by atoms with E-state index in [1.807, 2.05) is 23.6 Å². The van der Waals surface area contributed by atoms with E-state index in [0.717, 1.165) is 23.3 Å². The van der Waals surface area contributed by atoms with Gasteiger partial charge >= 0.3 is 0 Å². The maximum Gasteiger partial charge on any atom is 0.160 e. The molecule has 0 saturated carbocycles. The van der Waals surface area contributed by atoms with E-state index in [0.29, 0.717) is 10.6 Å². The second kappa shape index (κ2) is 5.67. The highest BCUT2D eigenvalue weighted by molar-refractivity contribution is 7.11. The largest absolute Gasteiger partial charge is 0.497 e. The molecule has 0 fully saturated rings. The molecule has 1 heterocycles.